The normalized spacial score (nSPS) is 17.7. The molecule has 0 aromatic heterocycles. The van der Waals surface area contributed by atoms with Crippen LogP contribution in [0.25, 0.3) is 0 Å². The predicted molar refractivity (Wildman–Crippen MR) is 119 cm³/mol. The Morgan fingerprint density at radius 2 is 1.55 bits per heavy atom. The molecule has 3 rings (SSSR count). The number of benzene rings is 2. The number of hydrogen-bond donors (Lipinski definition) is 2. The molecule has 1 fully saturated rings. The molecule has 0 unspecified atom stereocenters. The van der Waals surface area contributed by atoms with Crippen molar-refractivity contribution in [1.29, 1.82) is 0 Å². The van der Waals surface area contributed by atoms with Crippen LogP contribution < -0.4 is 10.0 Å². The summed E-state index contributed by atoms with van der Waals surface area (Å²) in [5.74, 6) is -0.441. The van der Waals surface area contributed by atoms with E-state index in [1.165, 1.54) is 28.6 Å². The third kappa shape index (κ3) is 5.32. The minimum atomic E-state index is -3.79. The van der Waals surface area contributed by atoms with Gasteiger partial charge in [0.15, 0.2) is 0 Å². The van der Waals surface area contributed by atoms with Gasteiger partial charge in [0.05, 0.1) is 9.79 Å². The first-order valence-electron chi connectivity index (χ1n) is 10.0. The number of aryl methyl sites for hydroxylation is 1. The fourth-order valence-corrected chi connectivity index (χ4v) is 6.36. The molecule has 0 aliphatic carbocycles. The van der Waals surface area contributed by atoms with Crippen molar-refractivity contribution in [3.8, 4) is 0 Å². The fraction of sp³-hybridized carbons (Fsp3) is 0.381. The van der Waals surface area contributed by atoms with E-state index >= 15 is 0 Å². The summed E-state index contributed by atoms with van der Waals surface area (Å²) >= 11 is 0. The minimum Gasteiger partial charge on any atom is -0.325 e. The zero-order chi connectivity index (χ0) is 22.8. The lowest BCUT2D eigenvalue weighted by atomic mass is 10.2. The van der Waals surface area contributed by atoms with Crippen LogP contribution in [0, 0.1) is 6.92 Å². The number of anilines is 1. The highest BCUT2D eigenvalue weighted by Crippen LogP contribution is 2.27. The second-order valence-electron chi connectivity index (χ2n) is 7.88. The Hall–Kier alpha value is -2.27. The second-order valence-corrected chi connectivity index (χ2v) is 11.5. The Bertz CT molecular complexity index is 1140. The highest BCUT2D eigenvalue weighted by atomic mass is 32.2. The molecule has 0 radical (unpaired) electrons. The van der Waals surface area contributed by atoms with Crippen molar-refractivity contribution in [3.63, 3.8) is 0 Å². The average Bonchev–Trinajstić information content (AvgIpc) is 3.19. The van der Waals surface area contributed by atoms with E-state index in [9.17, 15) is 21.6 Å². The Labute approximate surface area is 183 Å². The van der Waals surface area contributed by atoms with Crippen LogP contribution in [-0.2, 0) is 24.8 Å². The summed E-state index contributed by atoms with van der Waals surface area (Å²) in [6.45, 7) is 5.60. The number of nitrogens with zero attached hydrogens (tertiary/aromatic N) is 1. The molecule has 31 heavy (non-hydrogen) atoms. The SMILES string of the molecule is Cc1ccc(S(=O)(=O)N2CCC[C@H]2C(=O)Nc2ccc(S(=O)(=O)NC(C)C)cc2)cc1. The average molecular weight is 466 g/mol. The van der Waals surface area contributed by atoms with Gasteiger partial charge in [-0.3, -0.25) is 4.79 Å². The van der Waals surface area contributed by atoms with Crippen molar-refractivity contribution < 1.29 is 21.6 Å². The Morgan fingerprint density at radius 3 is 2.13 bits per heavy atom. The molecule has 8 nitrogen and oxygen atoms in total. The molecule has 2 aromatic rings. The van der Waals surface area contributed by atoms with Crippen molar-refractivity contribution >= 4 is 31.6 Å². The number of nitrogens with one attached hydrogen (secondary N) is 2. The molecule has 1 aliphatic rings. The van der Waals surface area contributed by atoms with Crippen LogP contribution in [-0.4, -0.2) is 45.7 Å². The molecular weight excluding hydrogens is 438 g/mol. The topological polar surface area (TPSA) is 113 Å². The zero-order valence-corrected chi connectivity index (χ0v) is 19.3. The van der Waals surface area contributed by atoms with Crippen molar-refractivity contribution in [2.45, 2.75) is 55.5 Å². The maximum absolute atomic E-state index is 13.0. The summed E-state index contributed by atoms with van der Waals surface area (Å²) in [4.78, 5) is 13.1. The van der Waals surface area contributed by atoms with Crippen LogP contribution in [0.5, 0.6) is 0 Å². The third-order valence-corrected chi connectivity index (χ3v) is 8.55. The quantitative estimate of drug-likeness (QED) is 0.652. The molecule has 0 spiro atoms. The summed E-state index contributed by atoms with van der Waals surface area (Å²) in [6, 6.07) is 11.2. The predicted octanol–water partition coefficient (Wildman–Crippen LogP) is 2.47. The Kier molecular flexibility index (Phi) is 6.85. The van der Waals surface area contributed by atoms with Gasteiger partial charge < -0.3 is 5.32 Å². The number of rotatable bonds is 7. The van der Waals surface area contributed by atoms with Gasteiger partial charge in [-0.1, -0.05) is 17.7 Å². The van der Waals surface area contributed by atoms with Crippen molar-refractivity contribution in [3.05, 3.63) is 54.1 Å². The van der Waals surface area contributed by atoms with E-state index in [1.807, 2.05) is 6.92 Å². The standard InChI is InChI=1S/C21H27N3O5S2/c1-15(2)23-30(26,27)18-12-8-17(9-13-18)22-21(25)20-5-4-14-24(20)31(28,29)19-10-6-16(3)7-11-19/h6-13,15,20,23H,4-5,14H2,1-3H3,(H,22,25)/t20-/m0/s1. The summed E-state index contributed by atoms with van der Waals surface area (Å²) in [7, 11) is -7.43. The number of carbonyl (C=O) groups excluding carboxylic acids is 1. The van der Waals surface area contributed by atoms with E-state index in [0.717, 1.165) is 5.56 Å². The van der Waals surface area contributed by atoms with E-state index < -0.39 is 32.0 Å². The van der Waals surface area contributed by atoms with Crippen LogP contribution in [0.4, 0.5) is 5.69 Å². The lowest BCUT2D eigenvalue weighted by molar-refractivity contribution is -0.119. The summed E-state index contributed by atoms with van der Waals surface area (Å²) in [6.07, 6.45) is 1.00. The van der Waals surface area contributed by atoms with Crippen LogP contribution >= 0.6 is 0 Å². The number of carbonyl (C=O) groups is 1. The maximum Gasteiger partial charge on any atom is 0.243 e. The van der Waals surface area contributed by atoms with E-state index in [4.69, 9.17) is 0 Å². The highest BCUT2D eigenvalue weighted by molar-refractivity contribution is 7.89. The minimum absolute atomic E-state index is 0.0867. The van der Waals surface area contributed by atoms with Crippen LogP contribution in [0.1, 0.15) is 32.3 Å². The van der Waals surface area contributed by atoms with Crippen molar-refractivity contribution in [1.82, 2.24) is 9.03 Å². The maximum atomic E-state index is 13.0. The largest absolute Gasteiger partial charge is 0.325 e. The number of amides is 1. The van der Waals surface area contributed by atoms with Gasteiger partial charge in [0.25, 0.3) is 0 Å². The molecule has 0 saturated carbocycles. The van der Waals surface area contributed by atoms with Gasteiger partial charge in [-0.25, -0.2) is 21.6 Å². The van der Waals surface area contributed by atoms with Gasteiger partial charge in [-0.15, -0.1) is 0 Å². The number of hydrogen-bond acceptors (Lipinski definition) is 5. The van der Waals surface area contributed by atoms with Crippen molar-refractivity contribution in [2.75, 3.05) is 11.9 Å². The second kappa shape index (κ2) is 9.07. The molecule has 2 aromatic carbocycles. The van der Waals surface area contributed by atoms with Gasteiger partial charge in [0.1, 0.15) is 6.04 Å². The van der Waals surface area contributed by atoms with Crippen molar-refractivity contribution in [2.24, 2.45) is 0 Å². The summed E-state index contributed by atoms with van der Waals surface area (Å²) in [5.41, 5.74) is 1.34. The monoisotopic (exact) mass is 465 g/mol. The summed E-state index contributed by atoms with van der Waals surface area (Å²) in [5, 5.41) is 2.71. The Balaban J connectivity index is 1.74. The van der Waals surface area contributed by atoms with E-state index in [0.29, 0.717) is 18.5 Å². The first-order chi connectivity index (χ1) is 14.5. The third-order valence-electron chi connectivity index (χ3n) is 4.96. The molecule has 2 N–H and O–H groups in total. The van der Waals surface area contributed by atoms with E-state index in [2.05, 4.69) is 10.0 Å². The molecule has 168 valence electrons. The lowest BCUT2D eigenvalue weighted by Crippen LogP contribution is -2.43. The molecular formula is C21H27N3O5S2. The molecule has 1 aliphatic heterocycles. The first kappa shape index (κ1) is 23.4. The van der Waals surface area contributed by atoms with Gasteiger partial charge in [-0.05, 0) is 70.0 Å². The fourth-order valence-electron chi connectivity index (χ4n) is 3.46. The van der Waals surface area contributed by atoms with E-state index in [1.54, 1.807) is 38.1 Å². The molecule has 1 atom stereocenters. The van der Waals surface area contributed by atoms with Crippen LogP contribution in [0.3, 0.4) is 0 Å². The number of sulfonamides is 2. The Morgan fingerprint density at radius 1 is 0.968 bits per heavy atom. The van der Waals surface area contributed by atoms with Gasteiger partial charge in [0.2, 0.25) is 26.0 Å². The molecule has 0 bridgehead atoms. The summed E-state index contributed by atoms with van der Waals surface area (Å²) < 4.78 is 54.2. The lowest BCUT2D eigenvalue weighted by Gasteiger charge is -2.23. The van der Waals surface area contributed by atoms with Crippen LogP contribution in [0.2, 0.25) is 0 Å². The van der Waals surface area contributed by atoms with Crippen LogP contribution in [0.15, 0.2) is 58.3 Å². The zero-order valence-electron chi connectivity index (χ0n) is 17.7. The smallest absolute Gasteiger partial charge is 0.243 e. The first-order valence-corrected chi connectivity index (χ1v) is 12.9. The van der Waals surface area contributed by atoms with Gasteiger partial charge in [0, 0.05) is 18.3 Å². The van der Waals surface area contributed by atoms with E-state index in [-0.39, 0.29) is 22.4 Å². The molecule has 1 amide bonds. The van der Waals surface area contributed by atoms with Gasteiger partial charge in [-0.2, -0.15) is 4.31 Å². The molecule has 1 heterocycles. The molecule has 1 saturated heterocycles. The highest BCUT2D eigenvalue weighted by Gasteiger charge is 2.39. The molecule has 10 heteroatoms. The van der Waals surface area contributed by atoms with Gasteiger partial charge >= 0.3 is 0 Å².